The van der Waals surface area contributed by atoms with Crippen molar-refractivity contribution in [3.05, 3.63) is 29.8 Å². The summed E-state index contributed by atoms with van der Waals surface area (Å²) in [6.45, 7) is 9.43. The number of nitrogens with one attached hydrogen (secondary N) is 2. The first-order valence-corrected chi connectivity index (χ1v) is 11.9. The topological polar surface area (TPSA) is 83.0 Å². The second-order valence-electron chi connectivity index (χ2n) is 6.98. The third-order valence-corrected chi connectivity index (χ3v) is 6.84. The third kappa shape index (κ3) is 6.38. The Morgan fingerprint density at radius 2 is 2.07 bits per heavy atom. The molecule has 2 atom stereocenters. The molecule has 1 fully saturated rings. The molecular formula is C20H34N4O3S. The van der Waals surface area contributed by atoms with Crippen molar-refractivity contribution < 1.29 is 13.2 Å². The average Bonchev–Trinajstić information content (AvgIpc) is 3.03. The molecule has 1 aromatic carbocycles. The summed E-state index contributed by atoms with van der Waals surface area (Å²) in [6.07, 6.45) is 0.627. The monoisotopic (exact) mass is 410 g/mol. The lowest BCUT2D eigenvalue weighted by atomic mass is 10.0. The van der Waals surface area contributed by atoms with Gasteiger partial charge in [-0.3, -0.25) is 9.89 Å². The standard InChI is InChI=1S/C20H34N4O3S/c1-5-21-20(23-17-11-12-28(25,26)15-17)22-14-19(24(6-2)7-3)16-9-8-10-18(13-16)27-4/h8-10,13,17,19H,5-7,11-12,14-15H2,1-4H3,(H2,21,22,23). The van der Waals surface area contributed by atoms with Crippen LogP contribution in [0.5, 0.6) is 5.75 Å². The van der Waals surface area contributed by atoms with Gasteiger partial charge in [-0.1, -0.05) is 26.0 Å². The first kappa shape index (κ1) is 22.5. The summed E-state index contributed by atoms with van der Waals surface area (Å²) in [5, 5.41) is 6.54. The molecule has 1 saturated heterocycles. The quantitative estimate of drug-likeness (QED) is 0.477. The summed E-state index contributed by atoms with van der Waals surface area (Å²) in [6, 6.07) is 8.15. The number of rotatable bonds is 9. The number of nitrogens with zero attached hydrogens (tertiary/aromatic N) is 2. The Bertz CT molecular complexity index is 748. The molecule has 2 rings (SSSR count). The fourth-order valence-electron chi connectivity index (χ4n) is 3.54. The molecule has 7 nitrogen and oxygen atoms in total. The summed E-state index contributed by atoms with van der Waals surface area (Å²) in [5.74, 6) is 1.92. The highest BCUT2D eigenvalue weighted by molar-refractivity contribution is 7.91. The zero-order chi connectivity index (χ0) is 20.6. The molecule has 28 heavy (non-hydrogen) atoms. The van der Waals surface area contributed by atoms with Gasteiger partial charge in [0.25, 0.3) is 0 Å². The molecule has 1 heterocycles. The maximum absolute atomic E-state index is 11.7. The van der Waals surface area contributed by atoms with E-state index in [1.165, 1.54) is 0 Å². The van der Waals surface area contributed by atoms with Crippen molar-refractivity contribution in [1.29, 1.82) is 0 Å². The van der Waals surface area contributed by atoms with E-state index in [2.05, 4.69) is 41.5 Å². The third-order valence-electron chi connectivity index (χ3n) is 5.07. The minimum atomic E-state index is -2.93. The number of benzene rings is 1. The number of guanidine groups is 1. The fourth-order valence-corrected chi connectivity index (χ4v) is 5.22. The zero-order valence-corrected chi connectivity index (χ0v) is 18.3. The van der Waals surface area contributed by atoms with Gasteiger partial charge in [0.1, 0.15) is 5.75 Å². The summed E-state index contributed by atoms with van der Waals surface area (Å²) < 4.78 is 28.9. The fraction of sp³-hybridized carbons (Fsp3) is 0.650. The van der Waals surface area contributed by atoms with E-state index in [1.54, 1.807) is 7.11 Å². The number of hydrogen-bond acceptors (Lipinski definition) is 5. The molecule has 8 heteroatoms. The SMILES string of the molecule is CCNC(=NCC(c1cccc(OC)c1)N(CC)CC)NC1CCS(=O)(=O)C1. The van der Waals surface area contributed by atoms with E-state index < -0.39 is 9.84 Å². The first-order chi connectivity index (χ1) is 13.4. The van der Waals surface area contributed by atoms with E-state index in [0.717, 1.165) is 30.9 Å². The smallest absolute Gasteiger partial charge is 0.191 e. The molecule has 0 aliphatic carbocycles. The molecular weight excluding hydrogens is 376 g/mol. The van der Waals surface area contributed by atoms with Gasteiger partial charge in [0.15, 0.2) is 15.8 Å². The minimum Gasteiger partial charge on any atom is -0.497 e. The molecule has 1 aliphatic rings. The molecule has 1 aromatic rings. The minimum absolute atomic E-state index is 0.0773. The van der Waals surface area contributed by atoms with E-state index in [4.69, 9.17) is 9.73 Å². The Hall–Kier alpha value is -1.80. The Kier molecular flexibility index (Phi) is 8.57. The Morgan fingerprint density at radius 3 is 2.64 bits per heavy atom. The van der Waals surface area contributed by atoms with E-state index in [-0.39, 0.29) is 23.6 Å². The van der Waals surface area contributed by atoms with E-state index in [9.17, 15) is 8.42 Å². The van der Waals surface area contributed by atoms with Crippen molar-refractivity contribution in [2.75, 3.05) is 44.8 Å². The predicted molar refractivity (Wildman–Crippen MR) is 115 cm³/mol. The van der Waals surface area contributed by atoms with Crippen LogP contribution in [0.25, 0.3) is 0 Å². The van der Waals surface area contributed by atoms with Gasteiger partial charge in [-0.2, -0.15) is 0 Å². The van der Waals surface area contributed by atoms with Gasteiger partial charge >= 0.3 is 0 Å². The lowest BCUT2D eigenvalue weighted by Crippen LogP contribution is -2.44. The van der Waals surface area contributed by atoms with Gasteiger partial charge in [-0.05, 0) is 44.1 Å². The van der Waals surface area contributed by atoms with Crippen molar-refractivity contribution in [2.45, 2.75) is 39.3 Å². The van der Waals surface area contributed by atoms with Crippen LogP contribution in [0.1, 0.15) is 38.8 Å². The number of sulfone groups is 1. The number of methoxy groups -OCH3 is 1. The molecule has 158 valence electrons. The molecule has 0 saturated carbocycles. The molecule has 2 unspecified atom stereocenters. The van der Waals surface area contributed by atoms with Crippen molar-refractivity contribution in [1.82, 2.24) is 15.5 Å². The molecule has 1 aliphatic heterocycles. The van der Waals surface area contributed by atoms with Crippen molar-refractivity contribution in [3.63, 3.8) is 0 Å². The van der Waals surface area contributed by atoms with Crippen LogP contribution in [0.2, 0.25) is 0 Å². The Balaban J connectivity index is 2.19. The van der Waals surface area contributed by atoms with Crippen molar-refractivity contribution in [2.24, 2.45) is 4.99 Å². The van der Waals surface area contributed by atoms with Gasteiger partial charge in [-0.15, -0.1) is 0 Å². The predicted octanol–water partition coefficient (Wildman–Crippen LogP) is 1.82. The van der Waals surface area contributed by atoms with Crippen LogP contribution in [0.4, 0.5) is 0 Å². The molecule has 0 aromatic heterocycles. The van der Waals surface area contributed by atoms with Gasteiger partial charge in [-0.25, -0.2) is 8.42 Å². The van der Waals surface area contributed by atoms with Crippen molar-refractivity contribution in [3.8, 4) is 5.75 Å². The summed E-state index contributed by atoms with van der Waals surface area (Å²) >= 11 is 0. The number of hydrogen-bond donors (Lipinski definition) is 2. The van der Waals surface area contributed by atoms with Crippen LogP contribution in [0, 0.1) is 0 Å². The lowest BCUT2D eigenvalue weighted by Gasteiger charge is -2.29. The summed E-state index contributed by atoms with van der Waals surface area (Å²) in [5.41, 5.74) is 1.16. The van der Waals surface area contributed by atoms with Crippen LogP contribution in [0.15, 0.2) is 29.3 Å². The highest BCUT2D eigenvalue weighted by Gasteiger charge is 2.28. The van der Waals surface area contributed by atoms with E-state index in [1.807, 2.05) is 19.1 Å². The maximum Gasteiger partial charge on any atom is 0.191 e. The molecule has 0 spiro atoms. The summed E-state index contributed by atoms with van der Waals surface area (Å²) in [7, 11) is -1.25. The number of likely N-dealkylation sites (N-methyl/N-ethyl adjacent to an activating group) is 1. The zero-order valence-electron chi connectivity index (χ0n) is 17.4. The molecule has 2 N–H and O–H groups in total. The molecule has 0 amide bonds. The van der Waals surface area contributed by atoms with Crippen LogP contribution >= 0.6 is 0 Å². The van der Waals surface area contributed by atoms with E-state index in [0.29, 0.717) is 18.9 Å². The summed E-state index contributed by atoms with van der Waals surface area (Å²) in [4.78, 5) is 7.15. The highest BCUT2D eigenvalue weighted by atomic mass is 32.2. The maximum atomic E-state index is 11.7. The highest BCUT2D eigenvalue weighted by Crippen LogP contribution is 2.24. The van der Waals surface area contributed by atoms with Gasteiger partial charge in [0.2, 0.25) is 0 Å². The van der Waals surface area contributed by atoms with Crippen LogP contribution < -0.4 is 15.4 Å². The number of aliphatic imine (C=N–C) groups is 1. The first-order valence-electron chi connectivity index (χ1n) is 10.1. The van der Waals surface area contributed by atoms with E-state index >= 15 is 0 Å². The van der Waals surface area contributed by atoms with Gasteiger partial charge in [0, 0.05) is 12.6 Å². The second kappa shape index (κ2) is 10.7. The Morgan fingerprint density at radius 1 is 1.32 bits per heavy atom. The average molecular weight is 411 g/mol. The van der Waals surface area contributed by atoms with Crippen LogP contribution in [0.3, 0.4) is 0 Å². The van der Waals surface area contributed by atoms with Crippen LogP contribution in [-0.4, -0.2) is 70.1 Å². The lowest BCUT2D eigenvalue weighted by molar-refractivity contribution is 0.224. The van der Waals surface area contributed by atoms with Crippen LogP contribution in [-0.2, 0) is 9.84 Å². The normalized spacial score (nSPS) is 20.2. The molecule has 0 bridgehead atoms. The largest absolute Gasteiger partial charge is 0.497 e. The van der Waals surface area contributed by atoms with Crippen molar-refractivity contribution >= 4 is 15.8 Å². The molecule has 0 radical (unpaired) electrons. The Labute approximate surface area is 169 Å². The number of ether oxygens (including phenoxy) is 1. The van der Waals surface area contributed by atoms with Gasteiger partial charge in [0.05, 0.1) is 31.2 Å². The second-order valence-corrected chi connectivity index (χ2v) is 9.21. The van der Waals surface area contributed by atoms with Gasteiger partial charge < -0.3 is 15.4 Å².